The molecule has 0 spiro atoms. The first-order valence-electron chi connectivity index (χ1n) is 5.82. The zero-order valence-corrected chi connectivity index (χ0v) is 11.1. The van der Waals surface area contributed by atoms with Gasteiger partial charge >= 0.3 is 5.97 Å². The Morgan fingerprint density at radius 1 is 1.26 bits per heavy atom. The van der Waals surface area contributed by atoms with Crippen molar-refractivity contribution in [2.45, 2.75) is 18.9 Å². The van der Waals surface area contributed by atoms with Gasteiger partial charge in [-0.2, -0.15) is 0 Å². The molecule has 1 rings (SSSR count). The maximum atomic E-state index is 11.7. The maximum Gasteiger partial charge on any atom is 0.303 e. The number of nitrogens with one attached hydrogen (secondary N) is 1. The zero-order valence-electron chi connectivity index (χ0n) is 10.3. The molecule has 0 fully saturated rings. The molecule has 7 heteroatoms. The average molecular weight is 287 g/mol. The number of carboxylic acid groups (broad SMARTS) is 1. The molecule has 1 aromatic carbocycles. The lowest BCUT2D eigenvalue weighted by atomic mass is 10.1. The first-order valence-corrected chi connectivity index (χ1v) is 7.47. The monoisotopic (exact) mass is 287 g/mol. The normalized spacial score (nSPS) is 13.1. The van der Waals surface area contributed by atoms with Crippen LogP contribution in [0.25, 0.3) is 0 Å². The molecule has 0 aliphatic heterocycles. The predicted octanol–water partition coefficient (Wildman–Crippen LogP) is 0.504. The van der Waals surface area contributed by atoms with Gasteiger partial charge in [-0.3, -0.25) is 4.79 Å². The molecule has 1 atom stereocenters. The number of hydrogen-bond acceptors (Lipinski definition) is 4. The first kappa shape index (κ1) is 15.6. The van der Waals surface area contributed by atoms with Gasteiger partial charge in [0.2, 0.25) is 10.0 Å². The number of aliphatic carboxylic acids is 1. The van der Waals surface area contributed by atoms with Gasteiger partial charge in [0.05, 0.1) is 18.4 Å². The van der Waals surface area contributed by atoms with Crippen molar-refractivity contribution in [3.63, 3.8) is 0 Å². The van der Waals surface area contributed by atoms with Gasteiger partial charge in [-0.1, -0.05) is 30.3 Å². The Morgan fingerprint density at radius 2 is 1.89 bits per heavy atom. The summed E-state index contributed by atoms with van der Waals surface area (Å²) < 4.78 is 25.8. The van der Waals surface area contributed by atoms with E-state index < -0.39 is 22.0 Å². The molecular formula is C12H17NO5S. The molecule has 0 aliphatic rings. The summed E-state index contributed by atoms with van der Waals surface area (Å²) in [7, 11) is -3.61. The van der Waals surface area contributed by atoms with Crippen LogP contribution < -0.4 is 4.72 Å². The Balaban J connectivity index is 2.62. The lowest BCUT2D eigenvalue weighted by molar-refractivity contribution is -0.137. The van der Waals surface area contributed by atoms with Crippen molar-refractivity contribution < 1.29 is 23.4 Å². The minimum absolute atomic E-state index is 0.0393. The van der Waals surface area contributed by atoms with Crippen LogP contribution in [0.4, 0.5) is 0 Å². The molecule has 0 aromatic heterocycles. The highest BCUT2D eigenvalue weighted by Crippen LogP contribution is 2.13. The maximum absolute atomic E-state index is 11.7. The Labute approximate surface area is 112 Å². The van der Waals surface area contributed by atoms with Crippen LogP contribution in [-0.2, 0) is 14.8 Å². The number of aliphatic hydroxyl groups is 1. The van der Waals surface area contributed by atoms with E-state index in [1.54, 1.807) is 30.3 Å². The lowest BCUT2D eigenvalue weighted by Gasteiger charge is -2.16. The lowest BCUT2D eigenvalue weighted by Crippen LogP contribution is -2.32. The topological polar surface area (TPSA) is 104 Å². The summed E-state index contributed by atoms with van der Waals surface area (Å²) in [5.74, 6) is -1.31. The first-order chi connectivity index (χ1) is 8.94. The molecule has 106 valence electrons. The van der Waals surface area contributed by atoms with Crippen LogP contribution in [0.15, 0.2) is 30.3 Å². The number of rotatable bonds is 8. The summed E-state index contributed by atoms with van der Waals surface area (Å²) >= 11 is 0. The van der Waals surface area contributed by atoms with E-state index in [-0.39, 0.29) is 25.2 Å². The molecule has 6 nitrogen and oxygen atoms in total. The van der Waals surface area contributed by atoms with Crippen LogP contribution in [0.3, 0.4) is 0 Å². The molecule has 0 aliphatic carbocycles. The van der Waals surface area contributed by atoms with E-state index in [1.807, 2.05) is 0 Å². The van der Waals surface area contributed by atoms with Crippen molar-refractivity contribution in [1.82, 2.24) is 4.72 Å². The molecule has 0 heterocycles. The molecule has 0 saturated heterocycles. The molecule has 0 amide bonds. The summed E-state index contributed by atoms with van der Waals surface area (Å²) in [4.78, 5) is 10.3. The van der Waals surface area contributed by atoms with Crippen molar-refractivity contribution >= 4 is 16.0 Å². The van der Waals surface area contributed by atoms with Gasteiger partial charge in [-0.25, -0.2) is 13.1 Å². The highest BCUT2D eigenvalue weighted by Gasteiger charge is 2.18. The molecule has 0 bridgehead atoms. The number of hydrogen-bond donors (Lipinski definition) is 3. The van der Waals surface area contributed by atoms with Crippen LogP contribution in [-0.4, -0.2) is 37.0 Å². The fraction of sp³-hybridized carbons (Fsp3) is 0.417. The van der Waals surface area contributed by atoms with Crippen molar-refractivity contribution in [3.8, 4) is 0 Å². The summed E-state index contributed by atoms with van der Waals surface area (Å²) in [6, 6.07) is 7.99. The molecule has 1 aromatic rings. The third-order valence-corrected chi connectivity index (χ3v) is 3.98. The van der Waals surface area contributed by atoms with E-state index in [0.717, 1.165) is 0 Å². The number of carbonyl (C=O) groups is 1. The van der Waals surface area contributed by atoms with Gasteiger partial charge in [0.25, 0.3) is 0 Å². The second-order valence-corrected chi connectivity index (χ2v) is 5.95. The van der Waals surface area contributed by atoms with E-state index in [1.165, 1.54) is 0 Å². The third-order valence-electron chi connectivity index (χ3n) is 2.51. The predicted molar refractivity (Wildman–Crippen MR) is 70.1 cm³/mol. The Kier molecular flexibility index (Phi) is 5.94. The minimum atomic E-state index is -3.61. The van der Waals surface area contributed by atoms with Crippen molar-refractivity contribution in [1.29, 1.82) is 0 Å². The summed E-state index contributed by atoms with van der Waals surface area (Å²) in [5.41, 5.74) is 0.659. The summed E-state index contributed by atoms with van der Waals surface area (Å²) in [6.07, 6.45) is -0.159. The second kappa shape index (κ2) is 7.22. The van der Waals surface area contributed by atoms with E-state index in [9.17, 15) is 18.3 Å². The number of carboxylic acids is 1. The van der Waals surface area contributed by atoms with E-state index in [2.05, 4.69) is 4.72 Å². The van der Waals surface area contributed by atoms with Crippen molar-refractivity contribution in [3.05, 3.63) is 35.9 Å². The largest absolute Gasteiger partial charge is 0.481 e. The molecule has 1 unspecified atom stereocenters. The molecule has 3 N–H and O–H groups in total. The molecule has 19 heavy (non-hydrogen) atoms. The van der Waals surface area contributed by atoms with E-state index >= 15 is 0 Å². The summed E-state index contributed by atoms with van der Waals surface area (Å²) in [5, 5.41) is 17.7. The Hall–Kier alpha value is -1.44. The summed E-state index contributed by atoms with van der Waals surface area (Å²) in [6.45, 7) is -0.359. The highest BCUT2D eigenvalue weighted by molar-refractivity contribution is 7.89. The SMILES string of the molecule is O=C(O)CCCS(=O)(=O)NC(CO)c1ccccc1. The number of benzene rings is 1. The average Bonchev–Trinajstić information content (AvgIpc) is 2.36. The third kappa shape index (κ3) is 5.82. The van der Waals surface area contributed by atoms with Crippen LogP contribution in [0.1, 0.15) is 24.4 Å². The Bertz CT molecular complexity index is 500. The fourth-order valence-electron chi connectivity index (χ4n) is 1.59. The number of sulfonamides is 1. The van der Waals surface area contributed by atoms with E-state index in [4.69, 9.17) is 5.11 Å². The standard InChI is InChI=1S/C12H17NO5S/c14-9-11(10-5-2-1-3-6-10)13-19(17,18)8-4-7-12(15)16/h1-3,5-6,11,13-14H,4,7-9H2,(H,15,16). The van der Waals surface area contributed by atoms with Crippen LogP contribution in [0.2, 0.25) is 0 Å². The van der Waals surface area contributed by atoms with Crippen molar-refractivity contribution in [2.75, 3.05) is 12.4 Å². The van der Waals surface area contributed by atoms with Gasteiger partial charge in [0, 0.05) is 6.42 Å². The molecule has 0 saturated carbocycles. The van der Waals surface area contributed by atoms with Crippen LogP contribution in [0.5, 0.6) is 0 Å². The quantitative estimate of drug-likeness (QED) is 0.646. The zero-order chi connectivity index (χ0) is 14.3. The van der Waals surface area contributed by atoms with Gasteiger partial charge in [-0.15, -0.1) is 0 Å². The molecule has 0 radical (unpaired) electrons. The van der Waals surface area contributed by atoms with Crippen LogP contribution in [0, 0.1) is 0 Å². The Morgan fingerprint density at radius 3 is 2.42 bits per heavy atom. The van der Waals surface area contributed by atoms with Gasteiger partial charge in [0.15, 0.2) is 0 Å². The van der Waals surface area contributed by atoms with Gasteiger partial charge < -0.3 is 10.2 Å². The highest BCUT2D eigenvalue weighted by atomic mass is 32.2. The van der Waals surface area contributed by atoms with Crippen LogP contribution >= 0.6 is 0 Å². The van der Waals surface area contributed by atoms with Gasteiger partial charge in [0.1, 0.15) is 0 Å². The van der Waals surface area contributed by atoms with Gasteiger partial charge in [-0.05, 0) is 12.0 Å². The molecular weight excluding hydrogens is 270 g/mol. The van der Waals surface area contributed by atoms with Crippen molar-refractivity contribution in [2.24, 2.45) is 0 Å². The van der Waals surface area contributed by atoms with E-state index in [0.29, 0.717) is 5.56 Å². The smallest absolute Gasteiger partial charge is 0.303 e. The fourth-order valence-corrected chi connectivity index (χ4v) is 2.87. The minimum Gasteiger partial charge on any atom is -0.481 e. The number of aliphatic hydroxyl groups excluding tert-OH is 1. The second-order valence-electron chi connectivity index (χ2n) is 4.08.